The number of hydrogen-bond acceptors (Lipinski definition) is 0. The van der Waals surface area contributed by atoms with Gasteiger partial charge in [-0.25, -0.2) is 0 Å². The number of hydrogen-bond donors (Lipinski definition) is 0. The van der Waals surface area contributed by atoms with Crippen molar-refractivity contribution in [3.05, 3.63) is 47.5 Å². The third kappa shape index (κ3) is 3.45. The van der Waals surface area contributed by atoms with E-state index < -0.39 is 0 Å². The number of benzene rings is 1. The molecule has 0 atom stereocenters. The Morgan fingerprint density at radius 2 is 1.85 bits per heavy atom. The quantitative estimate of drug-likeness (QED) is 0.611. The van der Waals surface area contributed by atoms with Crippen molar-refractivity contribution in [2.24, 2.45) is 5.92 Å². The molecule has 0 nitrogen and oxygen atoms in total. The van der Waals surface area contributed by atoms with E-state index in [9.17, 15) is 0 Å². The van der Waals surface area contributed by atoms with E-state index in [0.29, 0.717) is 5.92 Å². The van der Waals surface area contributed by atoms with Crippen LogP contribution in [0.5, 0.6) is 0 Å². The van der Waals surface area contributed by atoms with Gasteiger partial charge in [-0.1, -0.05) is 55.8 Å². The molecule has 0 aliphatic heterocycles. The van der Waals surface area contributed by atoms with Crippen molar-refractivity contribution in [2.75, 3.05) is 0 Å². The molecule has 0 bridgehead atoms. The zero-order valence-electron chi connectivity index (χ0n) is 8.75. The highest BCUT2D eigenvalue weighted by Gasteiger charge is 1.95. The number of allylic oxidation sites excluding steroid dienone is 2. The Morgan fingerprint density at radius 3 is 2.38 bits per heavy atom. The van der Waals surface area contributed by atoms with Crippen molar-refractivity contribution in [3.63, 3.8) is 0 Å². The van der Waals surface area contributed by atoms with Crippen LogP contribution in [0.25, 0.3) is 0 Å². The van der Waals surface area contributed by atoms with Crippen LogP contribution in [0.1, 0.15) is 26.3 Å². The fourth-order valence-electron chi connectivity index (χ4n) is 1.13. The molecule has 1 rings (SSSR count). The van der Waals surface area contributed by atoms with Crippen molar-refractivity contribution in [1.82, 2.24) is 0 Å². The van der Waals surface area contributed by atoms with Gasteiger partial charge in [0, 0.05) is 0 Å². The topological polar surface area (TPSA) is 0 Å². The van der Waals surface area contributed by atoms with Crippen LogP contribution in [0.15, 0.2) is 42.0 Å². The van der Waals surface area contributed by atoms with Gasteiger partial charge >= 0.3 is 0 Å². The molecule has 0 heteroatoms. The Morgan fingerprint density at radius 1 is 1.23 bits per heavy atom. The molecule has 0 heterocycles. The zero-order chi connectivity index (χ0) is 9.68. The van der Waals surface area contributed by atoms with Gasteiger partial charge in [0.25, 0.3) is 0 Å². The van der Waals surface area contributed by atoms with E-state index in [2.05, 4.69) is 57.2 Å². The molecule has 0 amide bonds. The van der Waals surface area contributed by atoms with Gasteiger partial charge in [0.15, 0.2) is 0 Å². The summed E-state index contributed by atoms with van der Waals surface area (Å²) in [6, 6.07) is 10.6. The molecule has 0 saturated carbocycles. The Labute approximate surface area is 81.3 Å². The van der Waals surface area contributed by atoms with E-state index in [1.54, 1.807) is 0 Å². The van der Waals surface area contributed by atoms with Crippen LogP contribution in [0.3, 0.4) is 0 Å². The van der Waals surface area contributed by atoms with Crippen LogP contribution in [0.2, 0.25) is 0 Å². The Hall–Kier alpha value is -1.04. The summed E-state index contributed by atoms with van der Waals surface area (Å²) >= 11 is 0. The Balaban J connectivity index is 2.57. The molecule has 0 saturated heterocycles. The fourth-order valence-corrected chi connectivity index (χ4v) is 1.13. The molecule has 0 N–H and O–H groups in total. The lowest BCUT2D eigenvalue weighted by Crippen LogP contribution is -1.90. The molecule has 70 valence electrons. The maximum Gasteiger partial charge on any atom is -0.00948 e. The second kappa shape index (κ2) is 4.86. The normalized spacial score (nSPS) is 12.2. The summed E-state index contributed by atoms with van der Waals surface area (Å²) in [7, 11) is 0. The lowest BCUT2D eigenvalue weighted by molar-refractivity contribution is 0.764. The van der Waals surface area contributed by atoms with E-state index in [-0.39, 0.29) is 0 Å². The predicted octanol–water partition coefficient (Wildman–Crippen LogP) is 3.83. The molecule has 0 aliphatic rings. The second-order valence-electron chi connectivity index (χ2n) is 3.79. The summed E-state index contributed by atoms with van der Waals surface area (Å²) in [5.74, 6) is 0.670. The molecule has 1 aromatic carbocycles. The van der Waals surface area contributed by atoms with Gasteiger partial charge < -0.3 is 0 Å². The summed E-state index contributed by atoms with van der Waals surface area (Å²) in [6.07, 6.45) is 3.38. The average molecular weight is 174 g/mol. The van der Waals surface area contributed by atoms with Crippen molar-refractivity contribution >= 4 is 0 Å². The maximum atomic E-state index is 2.32. The van der Waals surface area contributed by atoms with Crippen LogP contribution in [0.4, 0.5) is 0 Å². The second-order valence-corrected chi connectivity index (χ2v) is 3.79. The molecule has 0 unspecified atom stereocenters. The standard InChI is InChI=1S/C13H18/c1-11(2)12(3)9-10-13-7-5-4-6-8-13/h4-9,11H,10H2,1-3H3/b12-9+. The van der Waals surface area contributed by atoms with Crippen LogP contribution in [-0.2, 0) is 6.42 Å². The van der Waals surface area contributed by atoms with E-state index in [4.69, 9.17) is 0 Å². The third-order valence-electron chi connectivity index (χ3n) is 2.41. The molecule has 1 aromatic rings. The summed E-state index contributed by atoms with van der Waals surface area (Å²) < 4.78 is 0. The van der Waals surface area contributed by atoms with Crippen molar-refractivity contribution in [2.45, 2.75) is 27.2 Å². The van der Waals surface area contributed by atoms with Crippen LogP contribution in [-0.4, -0.2) is 0 Å². The zero-order valence-corrected chi connectivity index (χ0v) is 8.75. The largest absolute Gasteiger partial charge is 0.0809 e. The highest BCUT2D eigenvalue weighted by molar-refractivity contribution is 5.19. The smallest absolute Gasteiger partial charge is 0.00948 e. The third-order valence-corrected chi connectivity index (χ3v) is 2.41. The fraction of sp³-hybridized carbons (Fsp3) is 0.385. The molecule has 13 heavy (non-hydrogen) atoms. The molecule has 0 aliphatic carbocycles. The average Bonchev–Trinajstić information content (AvgIpc) is 2.15. The summed E-state index contributed by atoms with van der Waals surface area (Å²) in [5.41, 5.74) is 2.87. The first-order valence-electron chi connectivity index (χ1n) is 4.90. The first kappa shape index (κ1) is 10.0. The lowest BCUT2D eigenvalue weighted by Gasteiger charge is -2.04. The maximum absolute atomic E-state index is 2.32. The lowest BCUT2D eigenvalue weighted by atomic mass is 10.0. The Bertz CT molecular complexity index is 267. The first-order valence-corrected chi connectivity index (χ1v) is 4.90. The van der Waals surface area contributed by atoms with Crippen molar-refractivity contribution in [1.29, 1.82) is 0 Å². The van der Waals surface area contributed by atoms with Crippen molar-refractivity contribution < 1.29 is 0 Å². The van der Waals surface area contributed by atoms with Gasteiger partial charge in [0.2, 0.25) is 0 Å². The molecular weight excluding hydrogens is 156 g/mol. The minimum atomic E-state index is 0.670. The van der Waals surface area contributed by atoms with Gasteiger partial charge in [-0.3, -0.25) is 0 Å². The monoisotopic (exact) mass is 174 g/mol. The summed E-state index contributed by atoms with van der Waals surface area (Å²) in [5, 5.41) is 0. The summed E-state index contributed by atoms with van der Waals surface area (Å²) in [4.78, 5) is 0. The molecule has 0 fully saturated rings. The van der Waals surface area contributed by atoms with Crippen LogP contribution in [0, 0.1) is 5.92 Å². The van der Waals surface area contributed by atoms with Crippen molar-refractivity contribution in [3.8, 4) is 0 Å². The Kier molecular flexibility index (Phi) is 3.75. The minimum Gasteiger partial charge on any atom is -0.0809 e. The van der Waals surface area contributed by atoms with E-state index in [0.717, 1.165) is 6.42 Å². The molecule has 0 spiro atoms. The molecule has 0 aromatic heterocycles. The van der Waals surface area contributed by atoms with E-state index in [1.165, 1.54) is 11.1 Å². The SMILES string of the molecule is C/C(=C\Cc1ccccc1)C(C)C. The molecular formula is C13H18. The van der Waals surface area contributed by atoms with Gasteiger partial charge in [-0.2, -0.15) is 0 Å². The summed E-state index contributed by atoms with van der Waals surface area (Å²) in [6.45, 7) is 6.67. The van der Waals surface area contributed by atoms with Crippen LogP contribution >= 0.6 is 0 Å². The number of rotatable bonds is 3. The minimum absolute atomic E-state index is 0.670. The van der Waals surface area contributed by atoms with E-state index in [1.807, 2.05) is 0 Å². The molecule has 0 radical (unpaired) electrons. The predicted molar refractivity (Wildman–Crippen MR) is 58.7 cm³/mol. The van der Waals surface area contributed by atoms with E-state index >= 15 is 0 Å². The highest BCUT2D eigenvalue weighted by Crippen LogP contribution is 2.10. The highest BCUT2D eigenvalue weighted by atomic mass is 14.0. The first-order chi connectivity index (χ1) is 6.20. The van der Waals surface area contributed by atoms with Gasteiger partial charge in [0.1, 0.15) is 0 Å². The van der Waals surface area contributed by atoms with Gasteiger partial charge in [0.05, 0.1) is 0 Å². The van der Waals surface area contributed by atoms with Gasteiger partial charge in [-0.15, -0.1) is 0 Å². The van der Waals surface area contributed by atoms with Crippen LogP contribution < -0.4 is 0 Å². The van der Waals surface area contributed by atoms with Gasteiger partial charge in [-0.05, 0) is 24.8 Å².